The summed E-state index contributed by atoms with van der Waals surface area (Å²) in [6, 6.07) is 27.9. The number of carbonyl (C=O) groups is 1. The van der Waals surface area contributed by atoms with Gasteiger partial charge in [-0.15, -0.1) is 0 Å². The maximum absolute atomic E-state index is 13.0. The van der Waals surface area contributed by atoms with Crippen molar-refractivity contribution in [3.8, 4) is 23.6 Å². The van der Waals surface area contributed by atoms with Crippen LogP contribution < -0.4 is 4.74 Å². The van der Waals surface area contributed by atoms with E-state index in [9.17, 15) is 15.3 Å². The molecule has 0 N–H and O–H groups in total. The minimum Gasteiger partial charge on any atom is -0.457 e. The van der Waals surface area contributed by atoms with Gasteiger partial charge >= 0.3 is 5.97 Å². The maximum Gasteiger partial charge on any atom is 0.311 e. The van der Waals surface area contributed by atoms with E-state index in [0.717, 1.165) is 5.56 Å². The first-order valence-electron chi connectivity index (χ1n) is 11.0. The van der Waals surface area contributed by atoms with E-state index in [1.165, 1.54) is 0 Å². The summed E-state index contributed by atoms with van der Waals surface area (Å²) < 4.78 is 11.5. The number of hydrogen-bond acceptors (Lipinski definition) is 5. The molecule has 3 unspecified atom stereocenters. The molecule has 0 amide bonds. The van der Waals surface area contributed by atoms with Crippen LogP contribution in [0.25, 0.3) is 6.08 Å². The molecule has 1 saturated carbocycles. The van der Waals surface area contributed by atoms with Crippen LogP contribution in [-0.2, 0) is 9.53 Å². The molecule has 0 heterocycles. The van der Waals surface area contributed by atoms with E-state index < -0.39 is 12.1 Å². The second-order valence-corrected chi connectivity index (χ2v) is 8.82. The third-order valence-electron chi connectivity index (χ3n) is 6.22. The zero-order valence-corrected chi connectivity index (χ0v) is 19.0. The summed E-state index contributed by atoms with van der Waals surface area (Å²) in [6.07, 6.45) is 2.80. The van der Waals surface area contributed by atoms with Crippen LogP contribution in [0.4, 0.5) is 0 Å². The summed E-state index contributed by atoms with van der Waals surface area (Å²) in [5.41, 5.74) is 1.65. The van der Waals surface area contributed by atoms with Gasteiger partial charge in [0.25, 0.3) is 0 Å². The van der Waals surface area contributed by atoms with Crippen molar-refractivity contribution in [3.05, 3.63) is 102 Å². The van der Waals surface area contributed by atoms with E-state index in [4.69, 9.17) is 9.47 Å². The molecule has 0 saturated heterocycles. The monoisotopic (exact) mass is 448 g/mol. The minimum atomic E-state index is -1.04. The lowest BCUT2D eigenvalue weighted by Crippen LogP contribution is -2.14. The molecule has 5 heteroatoms. The Bertz CT molecular complexity index is 1300. The molecule has 5 nitrogen and oxygen atoms in total. The lowest BCUT2D eigenvalue weighted by Gasteiger charge is -2.13. The number of para-hydroxylation sites is 1. The Labute approximate surface area is 199 Å². The fourth-order valence-electron chi connectivity index (χ4n) is 4.16. The van der Waals surface area contributed by atoms with Crippen LogP contribution >= 0.6 is 0 Å². The molecule has 0 aliphatic heterocycles. The number of carbonyl (C=O) groups excluding carboxylic acids is 1. The molecule has 4 rings (SSSR count). The van der Waals surface area contributed by atoms with Gasteiger partial charge in [-0.1, -0.05) is 74.5 Å². The first-order chi connectivity index (χ1) is 16.4. The Hall–Kier alpha value is -4.35. The first kappa shape index (κ1) is 22.8. The Kier molecular flexibility index (Phi) is 6.48. The van der Waals surface area contributed by atoms with E-state index in [1.807, 2.05) is 74.5 Å². The van der Waals surface area contributed by atoms with Crippen molar-refractivity contribution >= 4 is 12.0 Å². The first-order valence-corrected chi connectivity index (χ1v) is 11.0. The minimum absolute atomic E-state index is 0.0427. The summed E-state index contributed by atoms with van der Waals surface area (Å²) in [6.45, 7) is 4.00. The molecule has 1 aliphatic rings. The fourth-order valence-corrected chi connectivity index (χ4v) is 4.16. The van der Waals surface area contributed by atoms with Crippen molar-refractivity contribution in [1.29, 1.82) is 10.5 Å². The van der Waals surface area contributed by atoms with Crippen molar-refractivity contribution < 1.29 is 14.3 Å². The van der Waals surface area contributed by atoms with E-state index in [-0.39, 0.29) is 17.3 Å². The topological polar surface area (TPSA) is 83.1 Å². The SMILES string of the molecule is CC1(C)C(/C=C/c2ccccc2C#N)C1C(=O)OC(C#N)c1cccc(Oc2ccccc2)c1. The standard InChI is InChI=1S/C29H24N2O3/c1-29(2)25(16-15-20-9-6-7-10-22(20)18-30)27(29)28(32)34-26(19-31)21-11-8-14-24(17-21)33-23-12-4-3-5-13-23/h3-17,25-27H,1-2H3/b16-15+. The van der Waals surface area contributed by atoms with Gasteiger partial charge in [-0.25, -0.2) is 0 Å². The maximum atomic E-state index is 13.0. The molecule has 168 valence electrons. The van der Waals surface area contributed by atoms with Crippen molar-refractivity contribution in [2.24, 2.45) is 17.3 Å². The van der Waals surface area contributed by atoms with Crippen LogP contribution in [-0.4, -0.2) is 5.97 Å². The van der Waals surface area contributed by atoms with E-state index in [0.29, 0.717) is 22.6 Å². The quantitative estimate of drug-likeness (QED) is 0.388. The number of nitrogens with zero attached hydrogens (tertiary/aromatic N) is 2. The lowest BCUT2D eigenvalue weighted by atomic mass is 10.1. The van der Waals surface area contributed by atoms with Crippen LogP contribution in [0.1, 0.15) is 36.6 Å². The predicted molar refractivity (Wildman–Crippen MR) is 128 cm³/mol. The van der Waals surface area contributed by atoms with Gasteiger partial charge in [0.1, 0.15) is 17.6 Å². The van der Waals surface area contributed by atoms with Crippen LogP contribution in [0.5, 0.6) is 11.5 Å². The molecule has 0 aromatic heterocycles. The molecule has 1 aliphatic carbocycles. The third-order valence-corrected chi connectivity index (χ3v) is 6.22. The van der Waals surface area contributed by atoms with Crippen LogP contribution in [0.3, 0.4) is 0 Å². The Morgan fingerprint density at radius 2 is 1.68 bits per heavy atom. The summed E-state index contributed by atoms with van der Waals surface area (Å²) in [4.78, 5) is 13.0. The highest BCUT2D eigenvalue weighted by Crippen LogP contribution is 2.60. The molecule has 34 heavy (non-hydrogen) atoms. The second-order valence-electron chi connectivity index (χ2n) is 8.82. The average Bonchev–Trinajstić information content (AvgIpc) is 3.42. The van der Waals surface area contributed by atoms with Crippen LogP contribution in [0.2, 0.25) is 0 Å². The van der Waals surface area contributed by atoms with Crippen LogP contribution in [0.15, 0.2) is 84.9 Å². The van der Waals surface area contributed by atoms with Gasteiger partial charge in [-0.2, -0.15) is 10.5 Å². The third kappa shape index (κ3) is 4.85. The average molecular weight is 449 g/mol. The number of rotatable bonds is 7. The summed E-state index contributed by atoms with van der Waals surface area (Å²) in [5, 5.41) is 19.0. The van der Waals surface area contributed by atoms with E-state index in [1.54, 1.807) is 30.3 Å². The number of nitriles is 2. The van der Waals surface area contributed by atoms with Gasteiger partial charge in [0.05, 0.1) is 17.6 Å². The second kappa shape index (κ2) is 9.65. The number of allylic oxidation sites excluding steroid dienone is 1. The smallest absolute Gasteiger partial charge is 0.311 e. The highest BCUT2D eigenvalue weighted by Gasteiger charge is 2.61. The molecule has 1 fully saturated rings. The summed E-state index contributed by atoms with van der Waals surface area (Å²) in [5.74, 6) is 0.423. The summed E-state index contributed by atoms with van der Waals surface area (Å²) >= 11 is 0. The molecule has 3 atom stereocenters. The predicted octanol–water partition coefficient (Wildman–Crippen LogP) is 6.44. The number of esters is 1. The largest absolute Gasteiger partial charge is 0.457 e. The lowest BCUT2D eigenvalue weighted by molar-refractivity contribution is -0.149. The van der Waals surface area contributed by atoms with Crippen molar-refractivity contribution in [2.75, 3.05) is 0 Å². The van der Waals surface area contributed by atoms with Gasteiger partial charge in [0.2, 0.25) is 6.10 Å². The zero-order valence-electron chi connectivity index (χ0n) is 19.0. The summed E-state index contributed by atoms with van der Waals surface area (Å²) in [7, 11) is 0. The van der Waals surface area contributed by atoms with E-state index >= 15 is 0 Å². The molecule has 3 aromatic rings. The highest BCUT2D eigenvalue weighted by molar-refractivity contribution is 5.79. The Morgan fingerprint density at radius 3 is 2.41 bits per heavy atom. The Balaban J connectivity index is 1.45. The fraction of sp³-hybridized carbons (Fsp3) is 0.207. The van der Waals surface area contributed by atoms with Gasteiger partial charge < -0.3 is 9.47 Å². The van der Waals surface area contributed by atoms with Gasteiger partial charge in [0, 0.05) is 5.56 Å². The van der Waals surface area contributed by atoms with Crippen molar-refractivity contribution in [3.63, 3.8) is 0 Å². The van der Waals surface area contributed by atoms with Crippen molar-refractivity contribution in [1.82, 2.24) is 0 Å². The molecule has 0 bridgehead atoms. The molecular formula is C29H24N2O3. The number of ether oxygens (including phenoxy) is 2. The zero-order chi connectivity index (χ0) is 24.1. The Morgan fingerprint density at radius 1 is 0.971 bits per heavy atom. The van der Waals surface area contributed by atoms with Gasteiger partial charge in [-0.3, -0.25) is 4.79 Å². The van der Waals surface area contributed by atoms with E-state index in [2.05, 4.69) is 12.1 Å². The van der Waals surface area contributed by atoms with Gasteiger partial charge in [-0.05, 0) is 47.2 Å². The van der Waals surface area contributed by atoms with Crippen LogP contribution in [0, 0.1) is 39.9 Å². The molecule has 0 spiro atoms. The number of benzene rings is 3. The van der Waals surface area contributed by atoms with Crippen molar-refractivity contribution in [2.45, 2.75) is 20.0 Å². The molecule has 0 radical (unpaired) electrons. The van der Waals surface area contributed by atoms with Gasteiger partial charge in [0.15, 0.2) is 0 Å². The molecular weight excluding hydrogens is 424 g/mol. The highest BCUT2D eigenvalue weighted by atomic mass is 16.5. The number of hydrogen-bond donors (Lipinski definition) is 0. The normalized spacial score (nSPS) is 18.9. The molecule has 3 aromatic carbocycles.